The summed E-state index contributed by atoms with van der Waals surface area (Å²) < 4.78 is 0. The van der Waals surface area contributed by atoms with E-state index in [0.717, 1.165) is 13.1 Å². The summed E-state index contributed by atoms with van der Waals surface area (Å²) in [6, 6.07) is 2.08. The van der Waals surface area contributed by atoms with Gasteiger partial charge in [-0.2, -0.15) is 5.26 Å². The highest BCUT2D eigenvalue weighted by atomic mass is 15.1. The van der Waals surface area contributed by atoms with E-state index in [1.807, 2.05) is 12.4 Å². The smallest absolute Gasteiger partial charge is 0.222 e. The van der Waals surface area contributed by atoms with Crippen molar-refractivity contribution < 1.29 is 0 Å². The van der Waals surface area contributed by atoms with Gasteiger partial charge >= 0.3 is 0 Å². The summed E-state index contributed by atoms with van der Waals surface area (Å²) in [5, 5.41) is 11.5. The first-order valence-electron chi connectivity index (χ1n) is 6.41. The molecule has 0 aromatic carbocycles. The minimum atomic E-state index is 0.472. The molecule has 1 fully saturated rings. The van der Waals surface area contributed by atoms with Crippen LogP contribution in [0.2, 0.25) is 0 Å². The van der Waals surface area contributed by atoms with Crippen molar-refractivity contribution in [1.29, 1.82) is 5.26 Å². The SMILES string of the molecule is CN1CCC(c2cnc(NCCC#N)nc2)CC1. The van der Waals surface area contributed by atoms with Crippen molar-refractivity contribution in [3.8, 4) is 6.07 Å². The van der Waals surface area contributed by atoms with Crippen molar-refractivity contribution in [2.75, 3.05) is 32.0 Å². The Balaban J connectivity index is 1.89. The first-order valence-corrected chi connectivity index (χ1v) is 6.41. The van der Waals surface area contributed by atoms with Crippen LogP contribution >= 0.6 is 0 Å². The fraction of sp³-hybridized carbons (Fsp3) is 0.615. The summed E-state index contributed by atoms with van der Waals surface area (Å²) in [6.07, 6.45) is 6.66. The lowest BCUT2D eigenvalue weighted by Gasteiger charge is -2.28. The van der Waals surface area contributed by atoms with Crippen LogP contribution in [0.4, 0.5) is 5.95 Å². The molecule has 1 aromatic heterocycles. The molecule has 1 saturated heterocycles. The van der Waals surface area contributed by atoms with Gasteiger partial charge in [-0.05, 0) is 44.5 Å². The summed E-state index contributed by atoms with van der Waals surface area (Å²) >= 11 is 0. The van der Waals surface area contributed by atoms with Crippen molar-refractivity contribution in [3.63, 3.8) is 0 Å². The van der Waals surface area contributed by atoms with E-state index in [1.54, 1.807) is 0 Å². The van der Waals surface area contributed by atoms with Crippen LogP contribution in [0.1, 0.15) is 30.7 Å². The lowest BCUT2D eigenvalue weighted by atomic mass is 9.92. The maximum atomic E-state index is 8.45. The molecule has 2 heterocycles. The third kappa shape index (κ3) is 3.41. The second-order valence-electron chi connectivity index (χ2n) is 4.75. The number of nitrogens with one attached hydrogen (secondary N) is 1. The van der Waals surface area contributed by atoms with Gasteiger partial charge in [-0.15, -0.1) is 0 Å². The van der Waals surface area contributed by atoms with E-state index in [9.17, 15) is 0 Å². The Morgan fingerprint density at radius 2 is 2.06 bits per heavy atom. The number of nitrogens with zero attached hydrogens (tertiary/aromatic N) is 4. The van der Waals surface area contributed by atoms with E-state index < -0.39 is 0 Å². The topological polar surface area (TPSA) is 64.8 Å². The Morgan fingerprint density at radius 1 is 1.39 bits per heavy atom. The zero-order valence-electron chi connectivity index (χ0n) is 10.8. The Hall–Kier alpha value is -1.67. The molecular formula is C13H19N5. The number of nitriles is 1. The molecule has 1 N–H and O–H groups in total. The van der Waals surface area contributed by atoms with Gasteiger partial charge in [0.15, 0.2) is 0 Å². The third-order valence-corrected chi connectivity index (χ3v) is 3.38. The molecule has 5 nitrogen and oxygen atoms in total. The van der Waals surface area contributed by atoms with E-state index in [1.165, 1.54) is 18.4 Å². The summed E-state index contributed by atoms with van der Waals surface area (Å²) in [5.74, 6) is 1.20. The molecule has 1 aliphatic rings. The summed E-state index contributed by atoms with van der Waals surface area (Å²) in [5.41, 5.74) is 1.23. The average molecular weight is 245 g/mol. The van der Waals surface area contributed by atoms with E-state index in [2.05, 4.69) is 33.3 Å². The van der Waals surface area contributed by atoms with E-state index in [0.29, 0.717) is 24.8 Å². The Bertz CT molecular complexity index is 400. The molecule has 2 rings (SSSR count). The fourth-order valence-electron chi connectivity index (χ4n) is 2.21. The van der Waals surface area contributed by atoms with Gasteiger partial charge in [0.25, 0.3) is 0 Å². The Morgan fingerprint density at radius 3 is 2.67 bits per heavy atom. The van der Waals surface area contributed by atoms with Gasteiger partial charge in [0.1, 0.15) is 0 Å². The predicted molar refractivity (Wildman–Crippen MR) is 70.2 cm³/mol. The first kappa shape index (κ1) is 12.8. The summed E-state index contributed by atoms with van der Waals surface area (Å²) in [7, 11) is 2.16. The van der Waals surface area contributed by atoms with Crippen molar-refractivity contribution in [3.05, 3.63) is 18.0 Å². The maximum absolute atomic E-state index is 8.45. The normalized spacial score (nSPS) is 17.3. The third-order valence-electron chi connectivity index (χ3n) is 3.38. The number of piperidine rings is 1. The maximum Gasteiger partial charge on any atom is 0.222 e. The van der Waals surface area contributed by atoms with Crippen LogP contribution in [0.15, 0.2) is 12.4 Å². The van der Waals surface area contributed by atoms with Crippen LogP contribution in [0, 0.1) is 11.3 Å². The Kier molecular flexibility index (Phi) is 4.48. The van der Waals surface area contributed by atoms with Crippen LogP contribution in [0.25, 0.3) is 0 Å². The minimum absolute atomic E-state index is 0.472. The minimum Gasteiger partial charge on any atom is -0.353 e. The van der Waals surface area contributed by atoms with Gasteiger partial charge in [-0.1, -0.05) is 0 Å². The van der Waals surface area contributed by atoms with E-state index in [-0.39, 0.29) is 0 Å². The van der Waals surface area contributed by atoms with Crippen LogP contribution in [-0.4, -0.2) is 41.5 Å². The molecule has 0 bridgehead atoms. The van der Waals surface area contributed by atoms with Crippen molar-refractivity contribution >= 4 is 5.95 Å². The van der Waals surface area contributed by atoms with Gasteiger partial charge in [0.05, 0.1) is 12.5 Å². The predicted octanol–water partition coefficient (Wildman–Crippen LogP) is 1.61. The standard InChI is InChI=1S/C13H19N5/c1-18-7-3-11(4-8-18)12-9-16-13(17-10-12)15-6-2-5-14/h9-11H,2-4,6-8H2,1H3,(H,15,16,17). The number of rotatable bonds is 4. The van der Waals surface area contributed by atoms with Gasteiger partial charge in [-0.3, -0.25) is 0 Å². The number of aromatic nitrogens is 2. The van der Waals surface area contributed by atoms with Crippen LogP contribution < -0.4 is 5.32 Å². The molecule has 96 valence electrons. The highest BCUT2D eigenvalue weighted by Gasteiger charge is 2.18. The highest BCUT2D eigenvalue weighted by Crippen LogP contribution is 2.26. The molecule has 0 amide bonds. The van der Waals surface area contributed by atoms with Crippen LogP contribution in [0.5, 0.6) is 0 Å². The second-order valence-corrected chi connectivity index (χ2v) is 4.75. The molecular weight excluding hydrogens is 226 g/mol. The van der Waals surface area contributed by atoms with Crippen molar-refractivity contribution in [1.82, 2.24) is 14.9 Å². The molecule has 0 unspecified atom stereocenters. The zero-order valence-corrected chi connectivity index (χ0v) is 10.8. The number of hydrogen-bond acceptors (Lipinski definition) is 5. The zero-order chi connectivity index (χ0) is 12.8. The summed E-state index contributed by atoms with van der Waals surface area (Å²) in [6.45, 7) is 2.89. The lowest BCUT2D eigenvalue weighted by Crippen LogP contribution is -2.29. The molecule has 5 heteroatoms. The van der Waals surface area contributed by atoms with Crippen molar-refractivity contribution in [2.45, 2.75) is 25.2 Å². The van der Waals surface area contributed by atoms with Gasteiger partial charge in [0, 0.05) is 18.9 Å². The first-order chi connectivity index (χ1) is 8.79. The van der Waals surface area contributed by atoms with Crippen molar-refractivity contribution in [2.24, 2.45) is 0 Å². The van der Waals surface area contributed by atoms with Crippen LogP contribution in [0.3, 0.4) is 0 Å². The molecule has 1 aliphatic heterocycles. The van der Waals surface area contributed by atoms with Crippen LogP contribution in [-0.2, 0) is 0 Å². The molecule has 1 aromatic rings. The fourth-order valence-corrected chi connectivity index (χ4v) is 2.21. The monoisotopic (exact) mass is 245 g/mol. The van der Waals surface area contributed by atoms with Gasteiger partial charge in [0.2, 0.25) is 5.95 Å². The van der Waals surface area contributed by atoms with Gasteiger partial charge < -0.3 is 10.2 Å². The number of hydrogen-bond donors (Lipinski definition) is 1. The molecule has 0 radical (unpaired) electrons. The molecule has 0 saturated carbocycles. The average Bonchev–Trinajstić information content (AvgIpc) is 2.41. The second kappa shape index (κ2) is 6.31. The quantitative estimate of drug-likeness (QED) is 0.816. The Labute approximate surface area is 108 Å². The molecule has 0 atom stereocenters. The highest BCUT2D eigenvalue weighted by molar-refractivity contribution is 5.26. The lowest BCUT2D eigenvalue weighted by molar-refractivity contribution is 0.255. The largest absolute Gasteiger partial charge is 0.353 e. The summed E-state index contributed by atoms with van der Waals surface area (Å²) in [4.78, 5) is 11.0. The van der Waals surface area contributed by atoms with E-state index >= 15 is 0 Å². The number of likely N-dealkylation sites (tertiary alicyclic amines) is 1. The van der Waals surface area contributed by atoms with E-state index in [4.69, 9.17) is 5.26 Å². The molecule has 0 spiro atoms. The molecule has 18 heavy (non-hydrogen) atoms. The molecule has 0 aliphatic carbocycles. The van der Waals surface area contributed by atoms with Gasteiger partial charge in [-0.25, -0.2) is 9.97 Å². The number of anilines is 1.